The lowest BCUT2D eigenvalue weighted by Crippen LogP contribution is -2.52. The molecule has 0 unspecified atom stereocenters. The van der Waals surface area contributed by atoms with Crippen LogP contribution in [0.3, 0.4) is 0 Å². The number of hydrazone groups is 1. The number of urea groups is 1. The lowest BCUT2D eigenvalue weighted by Gasteiger charge is -2.31. The van der Waals surface area contributed by atoms with Crippen LogP contribution in [0.2, 0.25) is 0 Å². The Morgan fingerprint density at radius 3 is 2.03 bits per heavy atom. The van der Waals surface area contributed by atoms with Gasteiger partial charge in [-0.15, -0.1) is 10.5 Å². The second-order valence-corrected chi connectivity index (χ2v) is 6.70. The van der Waals surface area contributed by atoms with E-state index < -0.39 is 0 Å². The smallest absolute Gasteiger partial charge is 0.370 e. The molecule has 0 aromatic heterocycles. The zero-order chi connectivity index (χ0) is 22.2. The van der Waals surface area contributed by atoms with Crippen LogP contribution in [-0.4, -0.2) is 23.6 Å². The van der Waals surface area contributed by atoms with Crippen molar-refractivity contribution in [3.05, 3.63) is 96.1 Å². The van der Waals surface area contributed by atoms with Crippen molar-refractivity contribution < 1.29 is 9.90 Å². The maximum atomic E-state index is 13.2. The summed E-state index contributed by atoms with van der Waals surface area (Å²) < 4.78 is 0. The topological polar surface area (TPSA) is 70.2 Å². The van der Waals surface area contributed by atoms with E-state index in [1.165, 1.54) is 10.0 Å². The van der Waals surface area contributed by atoms with Crippen LogP contribution in [-0.2, 0) is 0 Å². The number of nitrogens with zero attached hydrogens (tertiary/aromatic N) is 4. The largest absolute Gasteiger partial charge is 0.395 e. The summed E-state index contributed by atoms with van der Waals surface area (Å²) in [6.45, 7) is 0.0253. The molecule has 3 aromatic rings. The number of benzene rings is 3. The maximum Gasteiger partial charge on any atom is 0.370 e. The lowest BCUT2D eigenvalue weighted by molar-refractivity contribution is 0.249. The van der Waals surface area contributed by atoms with Gasteiger partial charge in [0.25, 0.3) is 0 Å². The van der Waals surface area contributed by atoms with Gasteiger partial charge in [0.15, 0.2) is 5.84 Å². The van der Waals surface area contributed by atoms with Crippen molar-refractivity contribution in [2.75, 3.05) is 16.6 Å². The third-order valence-electron chi connectivity index (χ3n) is 4.49. The van der Waals surface area contributed by atoms with Gasteiger partial charge in [-0.3, -0.25) is 0 Å². The molecule has 1 N–H and O–H groups in total. The molecule has 0 fully saturated rings. The van der Waals surface area contributed by atoms with Crippen LogP contribution < -0.4 is 15.4 Å². The van der Waals surface area contributed by atoms with E-state index >= 15 is 0 Å². The monoisotopic (exact) mass is 419 g/mol. The van der Waals surface area contributed by atoms with Gasteiger partial charge in [0.1, 0.15) is 0 Å². The highest BCUT2D eigenvalue weighted by Gasteiger charge is 2.32. The van der Waals surface area contributed by atoms with Gasteiger partial charge in [0, 0.05) is 17.5 Å². The summed E-state index contributed by atoms with van der Waals surface area (Å²) in [7, 11) is 0. The Bertz CT molecular complexity index is 1230. The fraction of sp³-hybridized carbons (Fsp3) is 0.0769. The van der Waals surface area contributed by atoms with Crippen molar-refractivity contribution in [2.45, 2.75) is 6.42 Å². The Kier molecular flexibility index (Phi) is 6.48. The van der Waals surface area contributed by atoms with E-state index in [1.807, 2.05) is 84.9 Å². The van der Waals surface area contributed by atoms with E-state index in [0.29, 0.717) is 23.6 Å². The van der Waals surface area contributed by atoms with Crippen LogP contribution >= 0.6 is 0 Å². The number of anilines is 2. The number of carbonyl (C=O) groups is 1. The Morgan fingerprint density at radius 1 is 0.781 bits per heavy atom. The number of amides is 2. The molecule has 6 nitrogen and oxygen atoms in total. The summed E-state index contributed by atoms with van der Waals surface area (Å²) >= 11 is 0. The number of amidine groups is 1. The van der Waals surface area contributed by atoms with Crippen LogP contribution in [0.1, 0.15) is 17.5 Å². The van der Waals surface area contributed by atoms with Crippen LogP contribution in [0, 0.1) is 23.7 Å². The number of hydrogen-bond acceptors (Lipinski definition) is 3. The van der Waals surface area contributed by atoms with E-state index in [4.69, 9.17) is 5.11 Å². The Hall–Kier alpha value is -4.52. The molecule has 0 spiro atoms. The molecule has 1 aliphatic rings. The van der Waals surface area contributed by atoms with Gasteiger partial charge in [-0.1, -0.05) is 48.2 Å². The van der Waals surface area contributed by atoms with E-state index in [-0.39, 0.29) is 12.6 Å². The molecular weight excluding hydrogens is 400 g/mol. The first kappa shape index (κ1) is 20.7. The van der Waals surface area contributed by atoms with Crippen LogP contribution in [0.15, 0.2) is 90.0 Å². The molecule has 0 saturated heterocycles. The predicted octanol–water partition coefficient (Wildman–Crippen LogP) is 3.75. The molecule has 0 atom stereocenters. The SMILES string of the molecule is O=C1N(c2ccccc2)[N]C(c2ccc(C#CC#CCCO)cc2)=NN1c1ccccc1. The van der Waals surface area contributed by atoms with Gasteiger partial charge < -0.3 is 5.11 Å². The van der Waals surface area contributed by atoms with E-state index in [0.717, 1.165) is 11.1 Å². The van der Waals surface area contributed by atoms with Gasteiger partial charge in [0.05, 0.1) is 18.0 Å². The molecule has 0 saturated carbocycles. The third-order valence-corrected chi connectivity index (χ3v) is 4.49. The Morgan fingerprint density at radius 2 is 1.41 bits per heavy atom. The first-order chi connectivity index (χ1) is 15.8. The molecule has 1 aliphatic heterocycles. The summed E-state index contributed by atoms with van der Waals surface area (Å²) in [6, 6.07) is 25.5. The van der Waals surface area contributed by atoms with Crippen LogP contribution in [0.4, 0.5) is 16.2 Å². The number of aliphatic hydroxyl groups is 1. The van der Waals surface area contributed by atoms with Crippen molar-refractivity contribution in [3.63, 3.8) is 0 Å². The molecule has 1 heterocycles. The third kappa shape index (κ3) is 4.79. The second-order valence-electron chi connectivity index (χ2n) is 6.70. The van der Waals surface area contributed by atoms with Crippen molar-refractivity contribution in [1.29, 1.82) is 0 Å². The number of rotatable bonds is 4. The van der Waals surface area contributed by atoms with Crippen LogP contribution in [0.25, 0.3) is 0 Å². The highest BCUT2D eigenvalue weighted by atomic mass is 16.3. The molecule has 0 bridgehead atoms. The fourth-order valence-corrected chi connectivity index (χ4v) is 2.94. The van der Waals surface area contributed by atoms with Crippen LogP contribution in [0.5, 0.6) is 0 Å². The highest BCUT2D eigenvalue weighted by Crippen LogP contribution is 2.24. The fourth-order valence-electron chi connectivity index (χ4n) is 2.94. The summed E-state index contributed by atoms with van der Waals surface area (Å²) in [5.74, 6) is 11.6. The van der Waals surface area contributed by atoms with E-state index in [2.05, 4.69) is 34.2 Å². The quantitative estimate of drug-likeness (QED) is 0.655. The minimum absolute atomic E-state index is 0.0253. The normalized spacial score (nSPS) is 12.7. The number of aliphatic hydroxyl groups excluding tert-OH is 1. The Labute approximate surface area is 186 Å². The molecule has 32 heavy (non-hydrogen) atoms. The minimum atomic E-state index is -0.366. The molecule has 155 valence electrons. The van der Waals surface area contributed by atoms with Gasteiger partial charge in [-0.2, -0.15) is 10.0 Å². The van der Waals surface area contributed by atoms with Crippen molar-refractivity contribution in [1.82, 2.24) is 5.43 Å². The molecule has 0 aliphatic carbocycles. The van der Waals surface area contributed by atoms with Gasteiger partial charge in [-0.25, -0.2) is 4.79 Å². The number of hydrogen-bond donors (Lipinski definition) is 1. The molecule has 3 aromatic carbocycles. The first-order valence-electron chi connectivity index (χ1n) is 10.0. The summed E-state index contributed by atoms with van der Waals surface area (Å²) in [5.41, 5.74) is 7.35. The maximum absolute atomic E-state index is 13.2. The molecule has 6 heteroatoms. The Balaban J connectivity index is 1.66. The van der Waals surface area contributed by atoms with Crippen molar-refractivity contribution >= 4 is 23.2 Å². The van der Waals surface area contributed by atoms with Gasteiger partial charge >= 0.3 is 6.03 Å². The standard InChI is InChI=1S/C26H19N4O2/c31-20-10-2-1-5-11-21-16-18-22(19-17-21)25-27-29(23-12-6-3-7-13-23)26(32)30(28-25)24-14-8-4-9-15-24/h3-4,6-9,12-19,31H,10,20H2. The average molecular weight is 419 g/mol. The summed E-state index contributed by atoms with van der Waals surface area (Å²) in [4.78, 5) is 13.2. The average Bonchev–Trinajstić information content (AvgIpc) is 2.85. The van der Waals surface area contributed by atoms with E-state index in [1.54, 1.807) is 0 Å². The van der Waals surface area contributed by atoms with E-state index in [9.17, 15) is 4.79 Å². The second kappa shape index (κ2) is 9.99. The predicted molar refractivity (Wildman–Crippen MR) is 125 cm³/mol. The number of para-hydroxylation sites is 2. The zero-order valence-corrected chi connectivity index (χ0v) is 17.1. The molecular formula is C26H19N4O2. The highest BCUT2D eigenvalue weighted by molar-refractivity contribution is 6.12. The zero-order valence-electron chi connectivity index (χ0n) is 17.1. The van der Waals surface area contributed by atoms with Gasteiger partial charge in [0.2, 0.25) is 0 Å². The lowest BCUT2D eigenvalue weighted by atomic mass is 10.1. The number of carbonyl (C=O) groups excluding carboxylic acids is 1. The van der Waals surface area contributed by atoms with Crippen molar-refractivity contribution in [2.24, 2.45) is 5.10 Å². The summed E-state index contributed by atoms with van der Waals surface area (Å²) in [5, 5.41) is 15.9. The molecule has 2 amide bonds. The summed E-state index contributed by atoms with van der Waals surface area (Å²) in [6.07, 6.45) is 0.406. The van der Waals surface area contributed by atoms with Crippen molar-refractivity contribution in [3.8, 4) is 23.7 Å². The molecule has 1 radical (unpaired) electrons. The first-order valence-corrected chi connectivity index (χ1v) is 10.0. The minimum Gasteiger partial charge on any atom is -0.395 e. The van der Waals surface area contributed by atoms with Gasteiger partial charge in [-0.05, 0) is 60.4 Å². The molecule has 4 rings (SSSR count).